The van der Waals surface area contributed by atoms with E-state index >= 15 is 0 Å². The third-order valence-electron chi connectivity index (χ3n) is 4.35. The molecule has 30 heavy (non-hydrogen) atoms. The highest BCUT2D eigenvalue weighted by molar-refractivity contribution is 6.32. The number of hydrogen-bond acceptors (Lipinski definition) is 4. The van der Waals surface area contributed by atoms with Crippen molar-refractivity contribution in [3.63, 3.8) is 0 Å². The molecule has 5 nitrogen and oxygen atoms in total. The standard InChI is InChI=1S/C23H20Cl2N2O3/c1-15-7-3-5-9-18(15)23(28)27-26-13-16-11-20(25)22(21(12-16)29-2)30-14-17-8-4-6-10-19(17)24/h3-13H,14H2,1-2H3,(H,27,28)/b26-13+. The second-order valence-corrected chi connectivity index (χ2v) is 7.24. The summed E-state index contributed by atoms with van der Waals surface area (Å²) in [6.07, 6.45) is 1.49. The van der Waals surface area contributed by atoms with Crippen molar-refractivity contribution >= 4 is 35.3 Å². The lowest BCUT2D eigenvalue weighted by molar-refractivity contribution is 0.0954. The van der Waals surface area contributed by atoms with Crippen LogP contribution < -0.4 is 14.9 Å². The van der Waals surface area contributed by atoms with Gasteiger partial charge in [-0.15, -0.1) is 0 Å². The molecule has 0 saturated heterocycles. The minimum Gasteiger partial charge on any atom is -0.493 e. The number of amides is 1. The molecule has 7 heteroatoms. The van der Waals surface area contributed by atoms with Crippen molar-refractivity contribution in [3.05, 3.63) is 93.0 Å². The molecule has 0 bridgehead atoms. The summed E-state index contributed by atoms with van der Waals surface area (Å²) in [5.74, 6) is 0.559. The topological polar surface area (TPSA) is 59.9 Å². The Bertz CT molecular complexity index is 1080. The molecule has 0 spiro atoms. The Morgan fingerprint density at radius 2 is 1.80 bits per heavy atom. The monoisotopic (exact) mass is 442 g/mol. The maximum Gasteiger partial charge on any atom is 0.271 e. The van der Waals surface area contributed by atoms with Crippen molar-refractivity contribution in [2.45, 2.75) is 13.5 Å². The predicted molar refractivity (Wildman–Crippen MR) is 120 cm³/mol. The van der Waals surface area contributed by atoms with Crippen molar-refractivity contribution in [1.82, 2.24) is 5.43 Å². The molecule has 0 unspecified atom stereocenters. The molecule has 0 fully saturated rings. The highest BCUT2D eigenvalue weighted by Gasteiger charge is 2.13. The van der Waals surface area contributed by atoms with Gasteiger partial charge in [0, 0.05) is 16.1 Å². The normalized spacial score (nSPS) is 10.8. The molecule has 0 aliphatic rings. The first kappa shape index (κ1) is 21.7. The van der Waals surface area contributed by atoms with Crippen molar-refractivity contribution in [3.8, 4) is 11.5 Å². The number of carbonyl (C=O) groups is 1. The van der Waals surface area contributed by atoms with Crippen molar-refractivity contribution in [2.75, 3.05) is 7.11 Å². The van der Waals surface area contributed by atoms with Gasteiger partial charge in [-0.1, -0.05) is 59.6 Å². The lowest BCUT2D eigenvalue weighted by Gasteiger charge is -2.14. The molecule has 3 aromatic carbocycles. The van der Waals surface area contributed by atoms with Gasteiger partial charge in [-0.05, 0) is 42.3 Å². The fourth-order valence-corrected chi connectivity index (χ4v) is 3.24. The molecule has 0 heterocycles. The number of nitrogens with zero attached hydrogens (tertiary/aromatic N) is 1. The van der Waals surface area contributed by atoms with Gasteiger partial charge in [-0.2, -0.15) is 5.10 Å². The summed E-state index contributed by atoms with van der Waals surface area (Å²) in [6, 6.07) is 18.1. The zero-order chi connectivity index (χ0) is 21.5. The molecule has 1 amide bonds. The van der Waals surface area contributed by atoms with E-state index in [9.17, 15) is 4.79 Å². The Hall–Kier alpha value is -3.02. The largest absolute Gasteiger partial charge is 0.493 e. The Labute approximate surface area is 185 Å². The molecular weight excluding hydrogens is 423 g/mol. The second kappa shape index (κ2) is 10.1. The molecule has 3 rings (SSSR count). The SMILES string of the molecule is COc1cc(/C=N/NC(=O)c2ccccc2C)cc(Cl)c1OCc1ccccc1Cl. The van der Waals surface area contributed by atoms with Gasteiger partial charge < -0.3 is 9.47 Å². The molecule has 1 N–H and O–H groups in total. The molecule has 0 saturated carbocycles. The maximum atomic E-state index is 12.2. The quantitative estimate of drug-likeness (QED) is 0.379. The first-order valence-corrected chi connectivity index (χ1v) is 9.88. The van der Waals surface area contributed by atoms with E-state index in [-0.39, 0.29) is 12.5 Å². The van der Waals surface area contributed by atoms with Crippen LogP contribution in [0.1, 0.15) is 27.0 Å². The van der Waals surface area contributed by atoms with E-state index in [2.05, 4.69) is 10.5 Å². The number of hydrogen-bond donors (Lipinski definition) is 1. The summed E-state index contributed by atoms with van der Waals surface area (Å²) in [6.45, 7) is 2.11. The average molecular weight is 443 g/mol. The van der Waals surface area contributed by atoms with Gasteiger partial charge in [0.1, 0.15) is 6.61 Å². The highest BCUT2D eigenvalue weighted by atomic mass is 35.5. The van der Waals surface area contributed by atoms with Crippen LogP contribution in [-0.4, -0.2) is 19.2 Å². The lowest BCUT2D eigenvalue weighted by atomic mass is 10.1. The van der Waals surface area contributed by atoms with Crippen LogP contribution in [0.15, 0.2) is 65.8 Å². The van der Waals surface area contributed by atoms with Crippen LogP contribution in [0.5, 0.6) is 11.5 Å². The van der Waals surface area contributed by atoms with E-state index in [0.29, 0.717) is 32.7 Å². The van der Waals surface area contributed by atoms with Crippen LogP contribution in [0.25, 0.3) is 0 Å². The lowest BCUT2D eigenvalue weighted by Crippen LogP contribution is -2.18. The van der Waals surface area contributed by atoms with E-state index in [1.165, 1.54) is 13.3 Å². The van der Waals surface area contributed by atoms with Crippen molar-refractivity contribution in [1.29, 1.82) is 0 Å². The van der Waals surface area contributed by atoms with E-state index in [1.54, 1.807) is 30.3 Å². The highest BCUT2D eigenvalue weighted by Crippen LogP contribution is 2.37. The van der Waals surface area contributed by atoms with Gasteiger partial charge in [0.2, 0.25) is 0 Å². The van der Waals surface area contributed by atoms with Crippen molar-refractivity contribution in [2.24, 2.45) is 5.10 Å². The van der Waals surface area contributed by atoms with Gasteiger partial charge >= 0.3 is 0 Å². The molecule has 154 valence electrons. The summed E-state index contributed by atoms with van der Waals surface area (Å²) in [5.41, 5.74) is 5.43. The number of rotatable bonds is 7. The first-order chi connectivity index (χ1) is 14.5. The molecule has 0 aliphatic heterocycles. The molecule has 0 aromatic heterocycles. The maximum absolute atomic E-state index is 12.2. The zero-order valence-electron chi connectivity index (χ0n) is 16.5. The van der Waals surface area contributed by atoms with Crippen LogP contribution in [0.4, 0.5) is 0 Å². The number of methoxy groups -OCH3 is 1. The Morgan fingerprint density at radius 3 is 2.53 bits per heavy atom. The number of hydrazone groups is 1. The van der Waals surface area contributed by atoms with Gasteiger partial charge in [0.05, 0.1) is 18.3 Å². The number of aryl methyl sites for hydroxylation is 1. The smallest absolute Gasteiger partial charge is 0.271 e. The number of halogens is 2. The third kappa shape index (κ3) is 5.32. The number of ether oxygens (including phenoxy) is 2. The molecule has 0 radical (unpaired) electrons. The fraction of sp³-hybridized carbons (Fsp3) is 0.130. The second-order valence-electron chi connectivity index (χ2n) is 6.43. The fourth-order valence-electron chi connectivity index (χ4n) is 2.77. The van der Waals surface area contributed by atoms with E-state index < -0.39 is 0 Å². The minimum absolute atomic E-state index is 0.246. The summed E-state index contributed by atoms with van der Waals surface area (Å²) >= 11 is 12.6. The Balaban J connectivity index is 1.72. The van der Waals surface area contributed by atoms with Crippen LogP contribution in [-0.2, 0) is 6.61 Å². The Kier molecular flexibility index (Phi) is 7.33. The third-order valence-corrected chi connectivity index (χ3v) is 5.00. The summed E-state index contributed by atoms with van der Waals surface area (Å²) in [7, 11) is 1.52. The molecule has 3 aromatic rings. The van der Waals surface area contributed by atoms with E-state index in [4.69, 9.17) is 32.7 Å². The van der Waals surface area contributed by atoms with Gasteiger partial charge in [0.25, 0.3) is 5.91 Å². The number of carbonyl (C=O) groups excluding carboxylic acids is 1. The van der Waals surface area contributed by atoms with Crippen LogP contribution >= 0.6 is 23.2 Å². The summed E-state index contributed by atoms with van der Waals surface area (Å²) in [4.78, 5) is 12.2. The predicted octanol–water partition coefficient (Wildman–Crippen LogP) is 5.65. The van der Waals surface area contributed by atoms with E-state index in [1.807, 2.05) is 37.3 Å². The van der Waals surface area contributed by atoms with Gasteiger partial charge in [-0.3, -0.25) is 4.79 Å². The van der Waals surface area contributed by atoms with E-state index in [0.717, 1.165) is 11.1 Å². The molecule has 0 aliphatic carbocycles. The average Bonchev–Trinajstić information content (AvgIpc) is 2.74. The van der Waals surface area contributed by atoms with Crippen molar-refractivity contribution < 1.29 is 14.3 Å². The van der Waals surface area contributed by atoms with Gasteiger partial charge in [-0.25, -0.2) is 5.43 Å². The molecule has 0 atom stereocenters. The van der Waals surface area contributed by atoms with Crippen LogP contribution in [0.3, 0.4) is 0 Å². The number of benzene rings is 3. The molecular formula is C23H20Cl2N2O3. The Morgan fingerprint density at radius 1 is 1.07 bits per heavy atom. The number of nitrogens with one attached hydrogen (secondary N) is 1. The van der Waals surface area contributed by atoms with Gasteiger partial charge in [0.15, 0.2) is 11.5 Å². The summed E-state index contributed by atoms with van der Waals surface area (Å²) in [5, 5.41) is 4.98. The summed E-state index contributed by atoms with van der Waals surface area (Å²) < 4.78 is 11.2. The van der Waals surface area contributed by atoms with Crippen LogP contribution in [0.2, 0.25) is 10.0 Å². The zero-order valence-corrected chi connectivity index (χ0v) is 18.0. The first-order valence-electron chi connectivity index (χ1n) is 9.12. The minimum atomic E-state index is -0.290. The van der Waals surface area contributed by atoms with Crippen LogP contribution in [0, 0.1) is 6.92 Å².